The Balaban J connectivity index is 1.36. The van der Waals surface area contributed by atoms with E-state index in [4.69, 9.17) is 4.74 Å². The van der Waals surface area contributed by atoms with Crippen molar-refractivity contribution in [1.82, 2.24) is 14.5 Å². The lowest BCUT2D eigenvalue weighted by Gasteiger charge is -2.13. The number of ether oxygens (including phenoxy) is 1. The number of aromatic nitrogens is 4. The first-order chi connectivity index (χ1) is 18.8. The molecule has 0 radical (unpaired) electrons. The molecule has 3 heterocycles. The molecule has 0 unspecified atom stereocenters. The van der Waals surface area contributed by atoms with Crippen LogP contribution in [0.5, 0.6) is 11.6 Å². The van der Waals surface area contributed by atoms with Gasteiger partial charge in [-0.1, -0.05) is 6.92 Å². The SMILES string of the molecule is C[C@H](CO)Cn1ccc2ncnc(Oc3ccc(NC(=O)c4cccc(-c5ccc(F)cc5)[n+]4[O-])cc3F)c21. The van der Waals surface area contributed by atoms with Crippen LogP contribution in [0.3, 0.4) is 0 Å². The van der Waals surface area contributed by atoms with E-state index in [2.05, 4.69) is 15.3 Å². The van der Waals surface area contributed by atoms with Gasteiger partial charge in [0, 0.05) is 48.8 Å². The molecule has 0 aliphatic carbocycles. The summed E-state index contributed by atoms with van der Waals surface area (Å²) in [6.45, 7) is 2.36. The number of aliphatic hydroxyl groups excluding tert-OH is 1. The Hall–Kier alpha value is -4.90. The number of pyridine rings is 1. The van der Waals surface area contributed by atoms with E-state index in [9.17, 15) is 19.5 Å². The van der Waals surface area contributed by atoms with E-state index in [0.29, 0.717) is 27.9 Å². The van der Waals surface area contributed by atoms with Crippen molar-refractivity contribution in [1.29, 1.82) is 0 Å². The molecule has 1 atom stereocenters. The van der Waals surface area contributed by atoms with Gasteiger partial charge < -0.3 is 24.9 Å². The summed E-state index contributed by atoms with van der Waals surface area (Å²) in [4.78, 5) is 21.2. The molecule has 0 saturated heterocycles. The van der Waals surface area contributed by atoms with Crippen LogP contribution >= 0.6 is 0 Å². The molecule has 9 nitrogen and oxygen atoms in total. The van der Waals surface area contributed by atoms with Crippen LogP contribution in [0.15, 0.2) is 79.3 Å². The second-order valence-corrected chi connectivity index (χ2v) is 8.97. The number of amides is 1. The van der Waals surface area contributed by atoms with Gasteiger partial charge in [0.05, 0.1) is 5.52 Å². The van der Waals surface area contributed by atoms with Crippen molar-refractivity contribution in [2.24, 2.45) is 5.92 Å². The molecule has 39 heavy (non-hydrogen) atoms. The second kappa shape index (κ2) is 10.8. The zero-order valence-electron chi connectivity index (χ0n) is 20.7. The summed E-state index contributed by atoms with van der Waals surface area (Å²) in [6, 6.07) is 15.3. The largest absolute Gasteiger partial charge is 0.618 e. The molecule has 5 rings (SSSR count). The minimum absolute atomic E-state index is 0.00571. The summed E-state index contributed by atoms with van der Waals surface area (Å²) in [5, 5.41) is 24.8. The van der Waals surface area contributed by atoms with Crippen LogP contribution in [0.2, 0.25) is 0 Å². The third-order valence-corrected chi connectivity index (χ3v) is 6.05. The summed E-state index contributed by atoms with van der Waals surface area (Å²) in [6.07, 6.45) is 3.10. The maximum absolute atomic E-state index is 15.0. The molecule has 0 saturated carbocycles. The summed E-state index contributed by atoms with van der Waals surface area (Å²) in [5.74, 6) is -2.00. The van der Waals surface area contributed by atoms with Crippen molar-refractivity contribution in [2.45, 2.75) is 13.5 Å². The Bertz CT molecular complexity index is 1660. The average Bonchev–Trinajstić information content (AvgIpc) is 3.34. The number of nitrogens with one attached hydrogen (secondary N) is 1. The first-order valence-electron chi connectivity index (χ1n) is 12.0. The van der Waals surface area contributed by atoms with E-state index in [1.807, 2.05) is 11.5 Å². The number of benzene rings is 2. The smallest absolute Gasteiger partial charge is 0.321 e. The van der Waals surface area contributed by atoms with Crippen molar-refractivity contribution < 1.29 is 28.1 Å². The minimum atomic E-state index is -0.767. The van der Waals surface area contributed by atoms with E-state index in [0.717, 1.165) is 6.07 Å². The number of anilines is 1. The third kappa shape index (κ3) is 5.39. The Labute approximate surface area is 221 Å². The first kappa shape index (κ1) is 25.7. The lowest BCUT2D eigenvalue weighted by Crippen LogP contribution is -2.38. The number of fused-ring (bicyclic) bond motifs is 1. The Morgan fingerprint density at radius 2 is 1.92 bits per heavy atom. The van der Waals surface area contributed by atoms with Gasteiger partial charge in [-0.3, -0.25) is 4.79 Å². The van der Waals surface area contributed by atoms with E-state index in [1.54, 1.807) is 12.3 Å². The molecule has 0 bridgehead atoms. The van der Waals surface area contributed by atoms with Crippen LogP contribution in [-0.2, 0) is 6.54 Å². The molecule has 0 aliphatic rings. The maximum Gasteiger partial charge on any atom is 0.321 e. The molecule has 2 N–H and O–H groups in total. The van der Waals surface area contributed by atoms with E-state index >= 15 is 4.39 Å². The van der Waals surface area contributed by atoms with Gasteiger partial charge in [0.15, 0.2) is 11.6 Å². The van der Waals surface area contributed by atoms with Gasteiger partial charge in [-0.15, -0.1) is 0 Å². The lowest BCUT2D eigenvalue weighted by atomic mass is 10.1. The summed E-state index contributed by atoms with van der Waals surface area (Å²) < 4.78 is 36.3. The lowest BCUT2D eigenvalue weighted by molar-refractivity contribution is -0.595. The normalized spacial score (nSPS) is 11.9. The molecule has 2 aromatic carbocycles. The fourth-order valence-corrected chi connectivity index (χ4v) is 4.08. The zero-order chi connectivity index (χ0) is 27.5. The molecule has 198 valence electrons. The molecule has 5 aromatic rings. The summed E-state index contributed by atoms with van der Waals surface area (Å²) >= 11 is 0. The van der Waals surface area contributed by atoms with Crippen molar-refractivity contribution in [2.75, 3.05) is 11.9 Å². The quantitative estimate of drug-likeness (QED) is 0.222. The van der Waals surface area contributed by atoms with E-state index in [1.165, 1.54) is 60.9 Å². The predicted molar refractivity (Wildman–Crippen MR) is 139 cm³/mol. The number of carbonyl (C=O) groups excluding carboxylic acids is 1. The van der Waals surface area contributed by atoms with Gasteiger partial charge in [-0.25, -0.2) is 13.8 Å². The van der Waals surface area contributed by atoms with Gasteiger partial charge in [-0.05, 0) is 54.4 Å². The first-order valence-corrected chi connectivity index (χ1v) is 12.0. The van der Waals surface area contributed by atoms with Crippen LogP contribution in [0.25, 0.3) is 22.3 Å². The van der Waals surface area contributed by atoms with Gasteiger partial charge in [0.2, 0.25) is 11.6 Å². The zero-order valence-corrected chi connectivity index (χ0v) is 20.7. The van der Waals surface area contributed by atoms with Gasteiger partial charge in [-0.2, -0.15) is 9.71 Å². The molecule has 11 heteroatoms. The van der Waals surface area contributed by atoms with Crippen molar-refractivity contribution in [3.8, 4) is 22.9 Å². The minimum Gasteiger partial charge on any atom is -0.618 e. The Morgan fingerprint density at radius 1 is 1.13 bits per heavy atom. The Kier molecular flexibility index (Phi) is 7.15. The van der Waals surface area contributed by atoms with Gasteiger partial charge in [0.1, 0.15) is 17.7 Å². The number of nitrogens with zero attached hydrogens (tertiary/aromatic N) is 4. The number of carbonyl (C=O) groups is 1. The Morgan fingerprint density at radius 3 is 2.67 bits per heavy atom. The van der Waals surface area contributed by atoms with Crippen molar-refractivity contribution >= 4 is 22.6 Å². The molecular formula is C28H23F2N5O4. The van der Waals surface area contributed by atoms with E-state index < -0.39 is 17.5 Å². The van der Waals surface area contributed by atoms with Crippen LogP contribution in [0.1, 0.15) is 17.4 Å². The number of rotatable bonds is 8. The summed E-state index contributed by atoms with van der Waals surface area (Å²) in [5.41, 5.74) is 1.62. The fraction of sp³-hybridized carbons (Fsp3) is 0.143. The monoisotopic (exact) mass is 531 g/mol. The highest BCUT2D eigenvalue weighted by Crippen LogP contribution is 2.31. The van der Waals surface area contributed by atoms with Crippen molar-refractivity contribution in [3.63, 3.8) is 0 Å². The topological polar surface area (TPSA) is 116 Å². The fourth-order valence-electron chi connectivity index (χ4n) is 4.08. The molecule has 1 amide bonds. The predicted octanol–water partition coefficient (Wildman–Crippen LogP) is 4.68. The molecule has 0 fully saturated rings. The van der Waals surface area contributed by atoms with Crippen LogP contribution in [0.4, 0.5) is 14.5 Å². The highest BCUT2D eigenvalue weighted by atomic mass is 19.1. The molecule has 0 spiro atoms. The van der Waals surface area contributed by atoms with E-state index in [-0.39, 0.29) is 41.2 Å². The highest BCUT2D eigenvalue weighted by Gasteiger charge is 2.21. The molecule has 3 aromatic heterocycles. The van der Waals surface area contributed by atoms with Gasteiger partial charge in [0.25, 0.3) is 5.69 Å². The highest BCUT2D eigenvalue weighted by molar-refractivity contribution is 6.02. The maximum atomic E-state index is 15.0. The van der Waals surface area contributed by atoms with Crippen LogP contribution < -0.4 is 14.8 Å². The van der Waals surface area contributed by atoms with Gasteiger partial charge >= 0.3 is 5.91 Å². The average molecular weight is 532 g/mol. The standard InChI is InChI=1S/C28H23F2N5O4/c1-17(15-36)14-34-12-11-22-26(34)28(32-16-31-22)39-25-10-9-20(13-21(25)30)33-27(37)24-4-2-3-23(35(24)38)18-5-7-19(29)8-6-18/h2-13,16-17,36H,14-15H2,1H3,(H,33,37)/t17-/m0/s1. The van der Waals surface area contributed by atoms with Crippen LogP contribution in [0, 0.1) is 22.8 Å². The number of aliphatic hydroxyl groups is 1. The second-order valence-electron chi connectivity index (χ2n) is 8.97. The number of hydrogen-bond acceptors (Lipinski definition) is 6. The number of hydrogen-bond donors (Lipinski definition) is 2. The number of halogens is 2. The summed E-state index contributed by atoms with van der Waals surface area (Å²) in [7, 11) is 0. The van der Waals surface area contributed by atoms with Crippen molar-refractivity contribution in [3.05, 3.63) is 102 Å². The molecular weight excluding hydrogens is 508 g/mol. The third-order valence-electron chi connectivity index (χ3n) is 6.05. The van der Waals surface area contributed by atoms with Crippen LogP contribution in [-0.4, -0.2) is 32.2 Å². The molecule has 0 aliphatic heterocycles.